The number of hydrogen-bond acceptors (Lipinski definition) is 6. The Balaban J connectivity index is 2.85. The lowest BCUT2D eigenvalue weighted by Gasteiger charge is -2.15. The third kappa shape index (κ3) is 3.02. The summed E-state index contributed by atoms with van der Waals surface area (Å²) in [4.78, 5) is 4.04. The highest BCUT2D eigenvalue weighted by Crippen LogP contribution is 2.39. The Morgan fingerprint density at radius 1 is 1.04 bits per heavy atom. The smallest absolute Gasteiger partial charge is 0.234 e. The number of benzene rings is 1. The van der Waals surface area contributed by atoms with Crippen LogP contribution in [-0.4, -0.2) is 18.2 Å². The highest BCUT2D eigenvalue weighted by atomic mass is 16.5. The van der Waals surface area contributed by atoms with Gasteiger partial charge < -0.3 is 15.2 Å². The maximum Gasteiger partial charge on any atom is 0.234 e. The number of aromatic nitrogens is 1. The van der Waals surface area contributed by atoms with Crippen LogP contribution in [0.25, 0.3) is 11.1 Å². The van der Waals surface area contributed by atoms with Crippen molar-refractivity contribution in [2.45, 2.75) is 13.8 Å². The molecule has 0 bridgehead atoms. The number of ether oxygens (including phenoxy) is 2. The molecule has 1 heterocycles. The molecule has 0 aliphatic heterocycles. The van der Waals surface area contributed by atoms with Crippen LogP contribution < -0.4 is 15.2 Å². The van der Waals surface area contributed by atoms with Crippen LogP contribution in [-0.2, 0) is 0 Å². The number of rotatable bonds is 5. The average molecular weight is 308 g/mol. The van der Waals surface area contributed by atoms with Crippen molar-refractivity contribution in [1.29, 1.82) is 10.5 Å². The van der Waals surface area contributed by atoms with Crippen molar-refractivity contribution in [3.63, 3.8) is 0 Å². The Kier molecular flexibility index (Phi) is 5.01. The van der Waals surface area contributed by atoms with E-state index >= 15 is 0 Å². The normalized spacial score (nSPS) is 9.74. The number of para-hydroxylation sites is 1. The molecule has 0 unspecified atom stereocenters. The molecule has 0 fully saturated rings. The fourth-order valence-electron chi connectivity index (χ4n) is 2.26. The molecule has 0 radical (unpaired) electrons. The van der Waals surface area contributed by atoms with E-state index in [9.17, 15) is 10.5 Å². The lowest BCUT2D eigenvalue weighted by atomic mass is 9.95. The molecule has 6 nitrogen and oxygen atoms in total. The Hall–Kier alpha value is -3.25. The molecule has 23 heavy (non-hydrogen) atoms. The minimum atomic E-state index is 0.0243. The predicted molar refractivity (Wildman–Crippen MR) is 85.9 cm³/mol. The fraction of sp³-hybridized carbons (Fsp3) is 0.235. The van der Waals surface area contributed by atoms with E-state index in [4.69, 9.17) is 15.2 Å². The van der Waals surface area contributed by atoms with Crippen LogP contribution in [0.2, 0.25) is 0 Å². The Labute approximate surface area is 134 Å². The van der Waals surface area contributed by atoms with Crippen LogP contribution >= 0.6 is 0 Å². The van der Waals surface area contributed by atoms with Crippen LogP contribution in [0.3, 0.4) is 0 Å². The average Bonchev–Trinajstić information content (AvgIpc) is 2.55. The zero-order valence-electron chi connectivity index (χ0n) is 13.0. The van der Waals surface area contributed by atoms with Gasteiger partial charge in [-0.1, -0.05) is 18.2 Å². The Morgan fingerprint density at radius 2 is 1.70 bits per heavy atom. The molecule has 1 aromatic heterocycles. The van der Waals surface area contributed by atoms with Gasteiger partial charge in [0.25, 0.3) is 0 Å². The first-order valence-corrected chi connectivity index (χ1v) is 7.16. The van der Waals surface area contributed by atoms with E-state index in [-0.39, 0.29) is 22.8 Å². The molecule has 0 saturated carbocycles. The van der Waals surface area contributed by atoms with Gasteiger partial charge in [0.1, 0.15) is 34.8 Å². The summed E-state index contributed by atoms with van der Waals surface area (Å²) in [5.41, 5.74) is 7.18. The number of hydrogen-bond donors (Lipinski definition) is 1. The molecule has 2 rings (SSSR count). The first kappa shape index (κ1) is 16.1. The summed E-state index contributed by atoms with van der Waals surface area (Å²) in [6.07, 6.45) is 0. The summed E-state index contributed by atoms with van der Waals surface area (Å²) in [7, 11) is 0. The monoisotopic (exact) mass is 308 g/mol. The van der Waals surface area contributed by atoms with Crippen molar-refractivity contribution in [1.82, 2.24) is 4.98 Å². The zero-order valence-corrected chi connectivity index (χ0v) is 13.0. The van der Waals surface area contributed by atoms with Gasteiger partial charge in [0.2, 0.25) is 5.88 Å². The molecule has 6 heteroatoms. The van der Waals surface area contributed by atoms with E-state index in [2.05, 4.69) is 11.1 Å². The fourth-order valence-corrected chi connectivity index (χ4v) is 2.26. The van der Waals surface area contributed by atoms with E-state index in [0.29, 0.717) is 30.1 Å². The standard InChI is InChI=1S/C17H16N4O2/c1-3-22-14-8-6-5-7-11(14)15-12(9-18)16(20)21-17(23-4-2)13(15)10-19/h5-8H,3-4H2,1-2H3,(H2,20,21). The quantitative estimate of drug-likeness (QED) is 0.910. The van der Waals surface area contributed by atoms with Crippen LogP contribution in [0.1, 0.15) is 25.0 Å². The molecule has 2 aromatic rings. The molecular formula is C17H16N4O2. The summed E-state index contributed by atoms with van der Waals surface area (Å²) < 4.78 is 11.0. The van der Waals surface area contributed by atoms with E-state index < -0.39 is 0 Å². The van der Waals surface area contributed by atoms with E-state index in [0.717, 1.165) is 0 Å². The number of nitriles is 2. The first-order valence-electron chi connectivity index (χ1n) is 7.16. The largest absolute Gasteiger partial charge is 0.493 e. The molecule has 116 valence electrons. The zero-order chi connectivity index (χ0) is 16.8. The Bertz CT molecular complexity index is 803. The maximum atomic E-state index is 9.56. The molecule has 0 aliphatic rings. The van der Waals surface area contributed by atoms with Crippen LogP contribution in [0, 0.1) is 22.7 Å². The van der Waals surface area contributed by atoms with Gasteiger partial charge in [0.15, 0.2) is 0 Å². The number of nitrogens with two attached hydrogens (primary N) is 1. The summed E-state index contributed by atoms with van der Waals surface area (Å²) in [5.74, 6) is 0.708. The van der Waals surface area contributed by atoms with Gasteiger partial charge in [-0.25, -0.2) is 0 Å². The molecule has 0 aliphatic carbocycles. The van der Waals surface area contributed by atoms with Crippen LogP contribution in [0.15, 0.2) is 24.3 Å². The van der Waals surface area contributed by atoms with Crippen LogP contribution in [0.4, 0.5) is 5.82 Å². The lowest BCUT2D eigenvalue weighted by molar-refractivity contribution is 0.326. The maximum absolute atomic E-state index is 9.56. The summed E-state index contributed by atoms with van der Waals surface area (Å²) in [6, 6.07) is 11.3. The van der Waals surface area contributed by atoms with Gasteiger partial charge in [-0.2, -0.15) is 15.5 Å². The highest BCUT2D eigenvalue weighted by Gasteiger charge is 2.23. The van der Waals surface area contributed by atoms with E-state index in [1.807, 2.05) is 19.1 Å². The molecule has 0 atom stereocenters. The molecule has 0 amide bonds. The number of nitrogens with zero attached hydrogens (tertiary/aromatic N) is 3. The van der Waals surface area contributed by atoms with Gasteiger partial charge in [0, 0.05) is 11.1 Å². The number of pyridine rings is 1. The van der Waals surface area contributed by atoms with Gasteiger partial charge >= 0.3 is 0 Å². The van der Waals surface area contributed by atoms with Gasteiger partial charge in [-0.15, -0.1) is 0 Å². The van der Waals surface area contributed by atoms with E-state index in [1.54, 1.807) is 25.1 Å². The third-order valence-electron chi connectivity index (χ3n) is 3.15. The highest BCUT2D eigenvalue weighted by molar-refractivity contribution is 5.85. The number of anilines is 1. The first-order chi connectivity index (χ1) is 11.2. The summed E-state index contributed by atoms with van der Waals surface area (Å²) >= 11 is 0. The van der Waals surface area contributed by atoms with Gasteiger partial charge in [-0.05, 0) is 19.9 Å². The Morgan fingerprint density at radius 3 is 2.30 bits per heavy atom. The second-order valence-electron chi connectivity index (χ2n) is 4.51. The summed E-state index contributed by atoms with van der Waals surface area (Å²) in [5, 5.41) is 19.0. The lowest BCUT2D eigenvalue weighted by Crippen LogP contribution is -2.06. The van der Waals surface area contributed by atoms with Crippen molar-refractivity contribution >= 4 is 5.82 Å². The van der Waals surface area contributed by atoms with Crippen LogP contribution in [0.5, 0.6) is 11.6 Å². The molecule has 1 aromatic carbocycles. The minimum Gasteiger partial charge on any atom is -0.493 e. The van der Waals surface area contributed by atoms with E-state index in [1.165, 1.54) is 0 Å². The molecule has 0 spiro atoms. The second kappa shape index (κ2) is 7.15. The van der Waals surface area contributed by atoms with Crippen molar-refractivity contribution in [3.8, 4) is 34.9 Å². The SMILES string of the molecule is CCOc1ccccc1-c1c(C#N)c(N)nc(OCC)c1C#N. The number of nitrogen functional groups attached to an aromatic ring is 1. The topological polar surface area (TPSA) is 105 Å². The second-order valence-corrected chi connectivity index (χ2v) is 4.51. The molecule has 0 saturated heterocycles. The molecular weight excluding hydrogens is 292 g/mol. The minimum absolute atomic E-state index is 0.0243. The van der Waals surface area contributed by atoms with Crippen molar-refractivity contribution in [2.24, 2.45) is 0 Å². The van der Waals surface area contributed by atoms with Gasteiger partial charge in [0.05, 0.1) is 13.2 Å². The predicted octanol–water partition coefficient (Wildman–Crippen LogP) is 2.87. The van der Waals surface area contributed by atoms with Crippen molar-refractivity contribution in [2.75, 3.05) is 18.9 Å². The van der Waals surface area contributed by atoms with Crippen molar-refractivity contribution in [3.05, 3.63) is 35.4 Å². The summed E-state index contributed by atoms with van der Waals surface area (Å²) in [6.45, 7) is 4.43. The van der Waals surface area contributed by atoms with Gasteiger partial charge in [-0.3, -0.25) is 0 Å². The molecule has 2 N–H and O–H groups in total. The van der Waals surface area contributed by atoms with Crippen molar-refractivity contribution < 1.29 is 9.47 Å². The third-order valence-corrected chi connectivity index (χ3v) is 3.15.